The lowest BCUT2D eigenvalue weighted by molar-refractivity contribution is 0.140. The Balaban J connectivity index is 1.57. The van der Waals surface area contributed by atoms with Crippen LogP contribution in [0, 0.1) is 0 Å². The van der Waals surface area contributed by atoms with Gasteiger partial charge in [-0.15, -0.1) is 0 Å². The molecule has 4 heterocycles. The van der Waals surface area contributed by atoms with E-state index in [1.165, 1.54) is 0 Å². The van der Waals surface area contributed by atoms with E-state index in [1.807, 2.05) is 4.90 Å². The first-order valence-corrected chi connectivity index (χ1v) is 10.1. The van der Waals surface area contributed by atoms with E-state index in [9.17, 15) is 5.11 Å². The van der Waals surface area contributed by atoms with Crippen LogP contribution in [0.25, 0.3) is 0 Å². The van der Waals surface area contributed by atoms with E-state index in [-0.39, 0.29) is 17.2 Å². The van der Waals surface area contributed by atoms with Crippen molar-refractivity contribution in [2.75, 3.05) is 36.5 Å². The molecule has 150 valence electrons. The molecule has 0 aliphatic carbocycles. The molecule has 0 unspecified atom stereocenters. The van der Waals surface area contributed by atoms with Gasteiger partial charge in [-0.05, 0) is 47.0 Å². The van der Waals surface area contributed by atoms with Crippen LogP contribution >= 0.6 is 0 Å². The van der Waals surface area contributed by atoms with Crippen LogP contribution in [0.2, 0.25) is 0 Å². The summed E-state index contributed by atoms with van der Waals surface area (Å²) in [5, 5.41) is 17.1. The number of nitrogens with zero attached hydrogens (tertiary/aromatic N) is 3. The number of nitrogens with one attached hydrogen (secondary N) is 2. The number of hydrogen-bond donors (Lipinski definition) is 3. The smallest absolute Gasteiger partial charge is 0.227 e. The summed E-state index contributed by atoms with van der Waals surface area (Å²) in [4.78, 5) is 11.6. The molecule has 3 aliphatic rings. The number of ether oxygens (including phenoxy) is 1. The molecule has 0 bridgehead atoms. The van der Waals surface area contributed by atoms with Crippen LogP contribution in [0.15, 0.2) is 6.07 Å². The van der Waals surface area contributed by atoms with Crippen molar-refractivity contribution in [3.8, 4) is 0 Å². The summed E-state index contributed by atoms with van der Waals surface area (Å²) in [6.07, 6.45) is 2.82. The van der Waals surface area contributed by atoms with Crippen molar-refractivity contribution in [2.45, 2.75) is 76.1 Å². The first kappa shape index (κ1) is 18.9. The van der Waals surface area contributed by atoms with Crippen molar-refractivity contribution >= 4 is 11.8 Å². The third kappa shape index (κ3) is 4.36. The van der Waals surface area contributed by atoms with Crippen LogP contribution in [0.1, 0.15) is 58.6 Å². The third-order valence-electron chi connectivity index (χ3n) is 5.77. The van der Waals surface area contributed by atoms with Crippen LogP contribution in [0.5, 0.6) is 0 Å². The number of hydrogen-bond acceptors (Lipinski definition) is 7. The Kier molecular flexibility index (Phi) is 4.81. The lowest BCUT2D eigenvalue weighted by Gasteiger charge is -2.46. The molecule has 3 N–H and O–H groups in total. The average Bonchev–Trinajstić information content (AvgIpc) is 3.02. The Bertz CT molecular complexity index is 665. The zero-order valence-electron chi connectivity index (χ0n) is 17.0. The molecule has 27 heavy (non-hydrogen) atoms. The molecule has 7 heteroatoms. The lowest BCUT2D eigenvalue weighted by Crippen LogP contribution is -2.60. The first-order chi connectivity index (χ1) is 12.7. The minimum absolute atomic E-state index is 0.0823. The van der Waals surface area contributed by atoms with Crippen LogP contribution in [0.4, 0.5) is 11.8 Å². The fraction of sp³-hybridized carbons (Fsp3) is 0.800. The Morgan fingerprint density at radius 3 is 2.48 bits per heavy atom. The predicted molar refractivity (Wildman–Crippen MR) is 106 cm³/mol. The van der Waals surface area contributed by atoms with E-state index in [4.69, 9.17) is 14.7 Å². The molecule has 4 rings (SSSR count). The van der Waals surface area contributed by atoms with Gasteiger partial charge in [0, 0.05) is 48.8 Å². The van der Waals surface area contributed by atoms with E-state index in [0.717, 1.165) is 49.9 Å². The summed E-state index contributed by atoms with van der Waals surface area (Å²) in [7, 11) is 0. The number of anilines is 2. The maximum absolute atomic E-state index is 9.67. The molecule has 3 saturated heterocycles. The highest BCUT2D eigenvalue weighted by molar-refractivity contribution is 5.47. The summed E-state index contributed by atoms with van der Waals surface area (Å²) in [5.41, 5.74) is 1.21. The molecule has 3 aliphatic heterocycles. The molecule has 7 nitrogen and oxygen atoms in total. The number of aliphatic hydroxyl groups excluding tert-OH is 1. The Hall–Kier alpha value is -1.44. The minimum Gasteiger partial charge on any atom is -0.389 e. The number of aromatic nitrogens is 2. The molecule has 0 amide bonds. The zero-order valence-corrected chi connectivity index (χ0v) is 17.0. The number of aliphatic hydroxyl groups is 1. The monoisotopic (exact) mass is 375 g/mol. The Labute approximate surface area is 161 Å². The number of β-amino-alcohol motifs (C(OH)–C–C–N with tert-alkyl or cyclic N) is 1. The summed E-state index contributed by atoms with van der Waals surface area (Å²) < 4.78 is 5.57. The largest absolute Gasteiger partial charge is 0.389 e. The predicted octanol–water partition coefficient (Wildman–Crippen LogP) is 1.88. The van der Waals surface area contributed by atoms with Crippen molar-refractivity contribution in [3.05, 3.63) is 11.8 Å². The lowest BCUT2D eigenvalue weighted by atomic mass is 9.79. The second-order valence-corrected chi connectivity index (χ2v) is 9.74. The highest BCUT2D eigenvalue weighted by Crippen LogP contribution is 2.32. The SMILES string of the molecule is CC1(C)CC(Nc2cc([C@@H]3CCOC3)nc(N3CC(O)C3)n2)CC(C)(C)N1. The highest BCUT2D eigenvalue weighted by atomic mass is 16.5. The van der Waals surface area contributed by atoms with Crippen molar-refractivity contribution in [3.63, 3.8) is 0 Å². The van der Waals surface area contributed by atoms with Crippen molar-refractivity contribution in [1.82, 2.24) is 15.3 Å². The van der Waals surface area contributed by atoms with Gasteiger partial charge in [0.15, 0.2) is 0 Å². The van der Waals surface area contributed by atoms with Gasteiger partial charge in [-0.1, -0.05) is 0 Å². The van der Waals surface area contributed by atoms with E-state index in [1.54, 1.807) is 0 Å². The van der Waals surface area contributed by atoms with Gasteiger partial charge in [-0.3, -0.25) is 0 Å². The molecule has 1 atom stereocenters. The molecule has 1 aromatic heterocycles. The van der Waals surface area contributed by atoms with Crippen molar-refractivity contribution in [2.24, 2.45) is 0 Å². The molecular weight excluding hydrogens is 342 g/mol. The second-order valence-electron chi connectivity index (χ2n) is 9.74. The molecule has 1 aromatic rings. The van der Waals surface area contributed by atoms with Crippen LogP contribution in [-0.2, 0) is 4.74 Å². The number of piperidine rings is 1. The van der Waals surface area contributed by atoms with Gasteiger partial charge in [-0.25, -0.2) is 4.98 Å². The summed E-state index contributed by atoms with van der Waals surface area (Å²) in [5.74, 6) is 1.95. The van der Waals surface area contributed by atoms with Gasteiger partial charge in [0.1, 0.15) is 5.82 Å². The first-order valence-electron chi connectivity index (χ1n) is 10.1. The summed E-state index contributed by atoms with van der Waals surface area (Å²) in [6.45, 7) is 11.8. The van der Waals surface area contributed by atoms with Gasteiger partial charge in [0.05, 0.1) is 18.4 Å². The highest BCUT2D eigenvalue weighted by Gasteiger charge is 2.38. The molecule has 0 saturated carbocycles. The zero-order chi connectivity index (χ0) is 19.2. The number of rotatable bonds is 4. The van der Waals surface area contributed by atoms with E-state index in [0.29, 0.717) is 25.0 Å². The van der Waals surface area contributed by atoms with Crippen LogP contribution in [-0.4, -0.2) is 64.6 Å². The molecule has 0 spiro atoms. The topological polar surface area (TPSA) is 82.5 Å². The van der Waals surface area contributed by atoms with E-state index in [2.05, 4.69) is 44.4 Å². The summed E-state index contributed by atoms with van der Waals surface area (Å²) in [6, 6.07) is 2.45. The van der Waals surface area contributed by atoms with Crippen molar-refractivity contribution in [1.29, 1.82) is 0 Å². The van der Waals surface area contributed by atoms with E-state index >= 15 is 0 Å². The van der Waals surface area contributed by atoms with Crippen LogP contribution in [0.3, 0.4) is 0 Å². The van der Waals surface area contributed by atoms with Gasteiger partial charge in [-0.2, -0.15) is 4.98 Å². The molecular formula is C20H33N5O2. The fourth-order valence-corrected chi connectivity index (χ4v) is 4.90. The van der Waals surface area contributed by atoms with Gasteiger partial charge in [0.25, 0.3) is 0 Å². The third-order valence-corrected chi connectivity index (χ3v) is 5.77. The average molecular weight is 376 g/mol. The van der Waals surface area contributed by atoms with E-state index < -0.39 is 0 Å². The minimum atomic E-state index is -0.269. The fourth-order valence-electron chi connectivity index (χ4n) is 4.90. The quantitative estimate of drug-likeness (QED) is 0.741. The summed E-state index contributed by atoms with van der Waals surface area (Å²) >= 11 is 0. The maximum atomic E-state index is 9.67. The Morgan fingerprint density at radius 1 is 1.19 bits per heavy atom. The second kappa shape index (κ2) is 6.87. The molecule has 0 radical (unpaired) electrons. The van der Waals surface area contributed by atoms with Crippen LogP contribution < -0.4 is 15.5 Å². The van der Waals surface area contributed by atoms with Crippen molar-refractivity contribution < 1.29 is 9.84 Å². The standard InChI is InChI=1S/C20H33N5O2/c1-19(2)8-14(9-20(3,4)24-19)21-17-7-16(13-5-6-27-12-13)22-18(23-17)25-10-15(26)11-25/h7,13-15,24,26H,5-6,8-12H2,1-4H3,(H,21,22,23)/t13-/m1/s1. The maximum Gasteiger partial charge on any atom is 0.227 e. The normalized spacial score (nSPS) is 28.2. The Morgan fingerprint density at radius 2 is 1.89 bits per heavy atom. The van der Waals surface area contributed by atoms with Gasteiger partial charge >= 0.3 is 0 Å². The molecule has 3 fully saturated rings. The van der Waals surface area contributed by atoms with Gasteiger partial charge in [0.2, 0.25) is 5.95 Å². The van der Waals surface area contributed by atoms with Gasteiger partial charge < -0.3 is 25.4 Å². The molecule has 0 aromatic carbocycles.